The Bertz CT molecular complexity index is 588. The van der Waals surface area contributed by atoms with Crippen molar-refractivity contribution in [3.8, 4) is 0 Å². The smallest absolute Gasteiger partial charge is 0.150 e. The van der Waals surface area contributed by atoms with Gasteiger partial charge in [0.25, 0.3) is 0 Å². The number of allylic oxidation sites excluding steroid dienone is 2. The summed E-state index contributed by atoms with van der Waals surface area (Å²) in [5.74, 6) is 0. The van der Waals surface area contributed by atoms with Gasteiger partial charge >= 0.3 is 0 Å². The van der Waals surface area contributed by atoms with Gasteiger partial charge in [0.2, 0.25) is 0 Å². The Morgan fingerprint density at radius 1 is 0.488 bits per heavy atom. The molecule has 5 heteroatoms. The predicted molar refractivity (Wildman–Crippen MR) is 173 cm³/mol. The standard InChI is InChI=1S/C36H66O5/c1-5-9-13-15-17-19-23-25-33(29-37)35(27-21-11-7-3)40-31-39-32-41-36(28-22-12-8-4)34(30-38)26-24-20-18-16-14-10-6-2/h25-26,29-30,35-36H,5-24,27-28,31-32H2,1-4H3. The Kier molecular flexibility index (Phi) is 30.6. The highest BCUT2D eigenvalue weighted by Crippen LogP contribution is 2.18. The van der Waals surface area contributed by atoms with E-state index in [1.807, 2.05) is 0 Å². The van der Waals surface area contributed by atoms with Gasteiger partial charge in [-0.3, -0.25) is 9.59 Å². The van der Waals surface area contributed by atoms with Crippen LogP contribution in [0, 0.1) is 0 Å². The summed E-state index contributed by atoms with van der Waals surface area (Å²) in [5, 5.41) is 0. The minimum absolute atomic E-state index is 0.0680. The zero-order chi connectivity index (χ0) is 30.2. The number of carbonyl (C=O) groups excluding carboxylic acids is 2. The third-order valence-corrected chi connectivity index (χ3v) is 7.74. The number of ether oxygens (including phenoxy) is 3. The average Bonchev–Trinajstić information content (AvgIpc) is 2.98. The number of carbonyl (C=O) groups is 2. The third kappa shape index (κ3) is 23.9. The molecule has 5 nitrogen and oxygen atoms in total. The van der Waals surface area contributed by atoms with Crippen LogP contribution in [0.1, 0.15) is 169 Å². The van der Waals surface area contributed by atoms with Crippen LogP contribution in [-0.2, 0) is 23.8 Å². The summed E-state index contributed by atoms with van der Waals surface area (Å²) in [6.45, 7) is 8.96. The van der Waals surface area contributed by atoms with E-state index in [-0.39, 0.29) is 25.8 Å². The quantitative estimate of drug-likeness (QED) is 0.0344. The lowest BCUT2D eigenvalue weighted by atomic mass is 10.0. The van der Waals surface area contributed by atoms with Gasteiger partial charge < -0.3 is 14.2 Å². The first-order valence-electron chi connectivity index (χ1n) is 17.3. The molecule has 0 aromatic carbocycles. The average molecular weight is 579 g/mol. The van der Waals surface area contributed by atoms with Crippen molar-refractivity contribution in [1.82, 2.24) is 0 Å². The molecule has 0 rings (SSSR count). The third-order valence-electron chi connectivity index (χ3n) is 7.74. The molecule has 2 atom stereocenters. The maximum Gasteiger partial charge on any atom is 0.150 e. The molecule has 0 aliphatic carbocycles. The Labute approximate surface area is 254 Å². The fraction of sp³-hybridized carbons (Fsp3) is 0.833. The summed E-state index contributed by atoms with van der Waals surface area (Å²) < 4.78 is 17.8. The molecule has 2 unspecified atom stereocenters. The van der Waals surface area contributed by atoms with E-state index in [0.717, 1.165) is 101 Å². The molecule has 0 amide bonds. The van der Waals surface area contributed by atoms with Gasteiger partial charge in [0.05, 0.1) is 12.2 Å². The lowest BCUT2D eigenvalue weighted by molar-refractivity contribution is -0.157. The minimum Gasteiger partial charge on any atom is -0.347 e. The molecular weight excluding hydrogens is 512 g/mol. The number of hydrogen-bond acceptors (Lipinski definition) is 5. The van der Waals surface area contributed by atoms with Gasteiger partial charge in [0.1, 0.15) is 26.2 Å². The maximum absolute atomic E-state index is 11.9. The Morgan fingerprint density at radius 3 is 1.20 bits per heavy atom. The highest BCUT2D eigenvalue weighted by molar-refractivity contribution is 5.75. The summed E-state index contributed by atoms with van der Waals surface area (Å²) in [6, 6.07) is 0. The fourth-order valence-corrected chi connectivity index (χ4v) is 5.04. The topological polar surface area (TPSA) is 61.8 Å². The summed E-state index contributed by atoms with van der Waals surface area (Å²) in [4.78, 5) is 23.8. The number of hydrogen-bond donors (Lipinski definition) is 0. The molecule has 0 bridgehead atoms. The molecule has 0 heterocycles. The van der Waals surface area contributed by atoms with Crippen LogP contribution in [0.3, 0.4) is 0 Å². The molecule has 0 saturated carbocycles. The summed E-state index contributed by atoms with van der Waals surface area (Å²) in [5.41, 5.74) is 1.47. The van der Waals surface area contributed by atoms with Crippen LogP contribution in [0.5, 0.6) is 0 Å². The first-order chi connectivity index (χ1) is 20.2. The van der Waals surface area contributed by atoms with Gasteiger partial charge in [-0.15, -0.1) is 0 Å². The maximum atomic E-state index is 11.9. The molecular formula is C36H66O5. The van der Waals surface area contributed by atoms with Crippen LogP contribution >= 0.6 is 0 Å². The van der Waals surface area contributed by atoms with Crippen molar-refractivity contribution < 1.29 is 23.8 Å². The molecule has 0 aliphatic heterocycles. The molecule has 0 spiro atoms. The molecule has 0 N–H and O–H groups in total. The normalized spacial score (nSPS) is 13.9. The molecule has 0 aliphatic rings. The van der Waals surface area contributed by atoms with Gasteiger partial charge in [0.15, 0.2) is 0 Å². The molecule has 0 aromatic rings. The molecule has 0 radical (unpaired) electrons. The Morgan fingerprint density at radius 2 is 0.829 bits per heavy atom. The highest BCUT2D eigenvalue weighted by Gasteiger charge is 2.16. The van der Waals surface area contributed by atoms with Crippen LogP contribution in [-0.4, -0.2) is 38.4 Å². The molecule has 41 heavy (non-hydrogen) atoms. The lowest BCUT2D eigenvalue weighted by Crippen LogP contribution is -2.22. The Balaban J connectivity index is 4.82. The lowest BCUT2D eigenvalue weighted by Gasteiger charge is -2.20. The zero-order valence-electron chi connectivity index (χ0n) is 27.5. The van der Waals surface area contributed by atoms with E-state index in [2.05, 4.69) is 39.8 Å². The predicted octanol–water partition coefficient (Wildman–Crippen LogP) is 10.6. The van der Waals surface area contributed by atoms with Crippen LogP contribution < -0.4 is 0 Å². The van der Waals surface area contributed by atoms with Crippen LogP contribution in [0.2, 0.25) is 0 Å². The monoisotopic (exact) mass is 578 g/mol. The van der Waals surface area contributed by atoms with E-state index < -0.39 is 0 Å². The number of unbranched alkanes of at least 4 members (excludes halogenated alkanes) is 16. The van der Waals surface area contributed by atoms with Crippen molar-refractivity contribution in [3.05, 3.63) is 23.3 Å². The summed E-state index contributed by atoms with van der Waals surface area (Å²) in [6.07, 6.45) is 30.4. The van der Waals surface area contributed by atoms with E-state index in [0.29, 0.717) is 0 Å². The number of rotatable bonds is 32. The highest BCUT2D eigenvalue weighted by atomic mass is 16.7. The second-order valence-electron chi connectivity index (χ2n) is 11.5. The second-order valence-corrected chi connectivity index (χ2v) is 11.5. The van der Waals surface area contributed by atoms with Crippen LogP contribution in [0.25, 0.3) is 0 Å². The van der Waals surface area contributed by atoms with Gasteiger partial charge in [-0.1, -0.05) is 143 Å². The van der Waals surface area contributed by atoms with Gasteiger partial charge in [-0.2, -0.15) is 0 Å². The number of aldehydes is 2. The minimum atomic E-state index is -0.248. The van der Waals surface area contributed by atoms with Crippen molar-refractivity contribution in [3.63, 3.8) is 0 Å². The van der Waals surface area contributed by atoms with Crippen molar-refractivity contribution in [2.45, 2.75) is 181 Å². The molecule has 0 fully saturated rings. The van der Waals surface area contributed by atoms with E-state index >= 15 is 0 Å². The van der Waals surface area contributed by atoms with E-state index in [1.165, 1.54) is 64.2 Å². The summed E-state index contributed by atoms with van der Waals surface area (Å²) in [7, 11) is 0. The van der Waals surface area contributed by atoms with Gasteiger partial charge in [-0.05, 0) is 38.5 Å². The van der Waals surface area contributed by atoms with Gasteiger partial charge in [-0.25, -0.2) is 0 Å². The first-order valence-corrected chi connectivity index (χ1v) is 17.3. The van der Waals surface area contributed by atoms with E-state index in [9.17, 15) is 9.59 Å². The molecule has 0 aromatic heterocycles. The SMILES string of the molecule is CCCCCCCCC=C(C=O)C(CCCCC)OCOCOC(CCCCC)C(C=O)=CCCCCCCCC. The largest absolute Gasteiger partial charge is 0.347 e. The summed E-state index contributed by atoms with van der Waals surface area (Å²) >= 11 is 0. The van der Waals surface area contributed by atoms with Gasteiger partial charge in [0, 0.05) is 11.1 Å². The van der Waals surface area contributed by atoms with E-state index in [1.54, 1.807) is 0 Å². The van der Waals surface area contributed by atoms with Crippen LogP contribution in [0.4, 0.5) is 0 Å². The second kappa shape index (κ2) is 31.6. The van der Waals surface area contributed by atoms with E-state index in [4.69, 9.17) is 14.2 Å². The zero-order valence-corrected chi connectivity index (χ0v) is 27.5. The van der Waals surface area contributed by atoms with Crippen molar-refractivity contribution in [2.24, 2.45) is 0 Å². The molecule has 0 saturated heterocycles. The van der Waals surface area contributed by atoms with Crippen molar-refractivity contribution in [2.75, 3.05) is 13.6 Å². The Hall–Kier alpha value is -1.30. The van der Waals surface area contributed by atoms with Crippen molar-refractivity contribution in [1.29, 1.82) is 0 Å². The first kappa shape index (κ1) is 39.7. The molecule has 240 valence electrons. The van der Waals surface area contributed by atoms with Crippen LogP contribution in [0.15, 0.2) is 23.3 Å². The van der Waals surface area contributed by atoms with Crippen molar-refractivity contribution >= 4 is 12.6 Å². The fourth-order valence-electron chi connectivity index (χ4n) is 5.04.